The molecule has 0 radical (unpaired) electrons. The van der Waals surface area contributed by atoms with Gasteiger partial charge < -0.3 is 14.7 Å². The number of fused-ring (bicyclic) bond motifs is 1. The third-order valence-electron chi connectivity index (χ3n) is 4.90. The summed E-state index contributed by atoms with van der Waals surface area (Å²) < 4.78 is 5.74. The highest BCUT2D eigenvalue weighted by molar-refractivity contribution is 5.88. The molecule has 2 aliphatic rings. The zero-order chi connectivity index (χ0) is 15.9. The van der Waals surface area contributed by atoms with Crippen LogP contribution in [0.4, 0.5) is 0 Å². The summed E-state index contributed by atoms with van der Waals surface area (Å²) in [6.45, 7) is 4.87. The molecule has 1 heterocycles. The average molecular weight is 303 g/mol. The first kappa shape index (κ1) is 14.9. The van der Waals surface area contributed by atoms with Crippen molar-refractivity contribution in [3.8, 4) is 5.75 Å². The molecule has 1 aromatic rings. The molecule has 1 N–H and O–H groups in total. The number of ether oxygens (including phenoxy) is 1. The molecule has 0 aromatic heterocycles. The molecule has 0 bridgehead atoms. The zero-order valence-electron chi connectivity index (χ0n) is 13.0. The van der Waals surface area contributed by atoms with Crippen molar-refractivity contribution in [2.24, 2.45) is 5.41 Å². The van der Waals surface area contributed by atoms with Crippen molar-refractivity contribution in [1.82, 2.24) is 4.90 Å². The second-order valence-electron chi connectivity index (χ2n) is 6.63. The quantitative estimate of drug-likeness (QED) is 0.912. The number of carboxylic acids is 1. The first-order valence-corrected chi connectivity index (χ1v) is 7.71. The molecule has 5 nitrogen and oxygen atoms in total. The summed E-state index contributed by atoms with van der Waals surface area (Å²) in [4.78, 5) is 25.8. The number of hydrogen-bond donors (Lipinski definition) is 1. The summed E-state index contributed by atoms with van der Waals surface area (Å²) in [6.07, 6.45) is 3.00. The van der Waals surface area contributed by atoms with E-state index in [1.165, 1.54) is 0 Å². The summed E-state index contributed by atoms with van der Waals surface area (Å²) >= 11 is 0. The van der Waals surface area contributed by atoms with Crippen LogP contribution in [0.1, 0.15) is 49.0 Å². The van der Waals surface area contributed by atoms with E-state index in [1.807, 2.05) is 18.7 Å². The van der Waals surface area contributed by atoms with Gasteiger partial charge in [0.25, 0.3) is 0 Å². The lowest BCUT2D eigenvalue weighted by Gasteiger charge is -2.42. The van der Waals surface area contributed by atoms with Crippen LogP contribution in [0.5, 0.6) is 5.75 Å². The number of benzene rings is 1. The van der Waals surface area contributed by atoms with Gasteiger partial charge in [0.15, 0.2) is 0 Å². The Morgan fingerprint density at radius 3 is 2.68 bits per heavy atom. The van der Waals surface area contributed by atoms with E-state index in [1.54, 1.807) is 18.2 Å². The van der Waals surface area contributed by atoms with Crippen molar-refractivity contribution < 1.29 is 19.4 Å². The molecule has 1 aromatic carbocycles. The molecular formula is C17H21NO4. The Bertz CT molecular complexity index is 621. The van der Waals surface area contributed by atoms with E-state index in [0.29, 0.717) is 18.9 Å². The number of hydrogen-bond acceptors (Lipinski definition) is 3. The predicted molar refractivity (Wildman–Crippen MR) is 80.9 cm³/mol. The maximum absolute atomic E-state index is 12.8. The van der Waals surface area contributed by atoms with E-state index in [-0.39, 0.29) is 22.9 Å². The van der Waals surface area contributed by atoms with Crippen molar-refractivity contribution >= 4 is 11.9 Å². The number of nitrogens with zero attached hydrogens (tertiary/aromatic N) is 1. The molecule has 0 saturated heterocycles. The van der Waals surface area contributed by atoms with Crippen molar-refractivity contribution in [3.05, 3.63) is 29.3 Å². The van der Waals surface area contributed by atoms with Crippen molar-refractivity contribution in [1.29, 1.82) is 0 Å². The van der Waals surface area contributed by atoms with Crippen LogP contribution < -0.4 is 4.74 Å². The molecule has 118 valence electrons. The lowest BCUT2D eigenvalue weighted by molar-refractivity contribution is -0.149. The predicted octanol–water partition coefficient (Wildman–Crippen LogP) is 2.68. The topological polar surface area (TPSA) is 66.8 Å². The molecule has 22 heavy (non-hydrogen) atoms. The fourth-order valence-corrected chi connectivity index (χ4v) is 3.13. The molecule has 0 unspecified atom stereocenters. The highest BCUT2D eigenvalue weighted by Crippen LogP contribution is 2.43. The van der Waals surface area contributed by atoms with Crippen LogP contribution in [0, 0.1) is 5.41 Å². The van der Waals surface area contributed by atoms with Gasteiger partial charge in [-0.1, -0.05) is 19.4 Å². The Morgan fingerprint density at radius 2 is 2.09 bits per heavy atom. The summed E-state index contributed by atoms with van der Waals surface area (Å²) in [5, 5.41) is 9.08. The van der Waals surface area contributed by atoms with Crippen LogP contribution >= 0.6 is 0 Å². The van der Waals surface area contributed by atoms with Crippen molar-refractivity contribution in [3.63, 3.8) is 0 Å². The number of aromatic carboxylic acids is 1. The Kier molecular flexibility index (Phi) is 3.59. The molecule has 1 atom stereocenters. The van der Waals surface area contributed by atoms with Gasteiger partial charge in [-0.2, -0.15) is 0 Å². The Morgan fingerprint density at radius 1 is 1.36 bits per heavy atom. The fourth-order valence-electron chi connectivity index (χ4n) is 3.13. The van der Waals surface area contributed by atoms with Crippen LogP contribution in [-0.4, -0.2) is 34.5 Å². The van der Waals surface area contributed by atoms with Crippen LogP contribution in [0.2, 0.25) is 0 Å². The number of amides is 1. The molecule has 3 rings (SSSR count). The molecule has 1 aliphatic heterocycles. The minimum atomic E-state index is -0.974. The largest absolute Gasteiger partial charge is 0.491 e. The monoisotopic (exact) mass is 303 g/mol. The highest BCUT2D eigenvalue weighted by atomic mass is 16.5. The SMILES string of the molecule is C[C@@H]1COc2cc(C(=O)O)ccc2CN1C(=O)C1(C)CCC1. The van der Waals surface area contributed by atoms with Crippen LogP contribution in [0.15, 0.2) is 18.2 Å². The standard InChI is InChI=1S/C17H21NO4/c1-11-10-22-14-8-12(15(19)20)4-5-13(14)9-18(11)16(21)17(2)6-3-7-17/h4-5,8,11H,3,6-7,9-10H2,1-2H3,(H,19,20)/t11-/m1/s1. The Balaban J connectivity index is 1.88. The third kappa shape index (κ3) is 2.45. The van der Waals surface area contributed by atoms with Crippen molar-refractivity contribution in [2.45, 2.75) is 45.7 Å². The number of carboxylic acid groups (broad SMARTS) is 1. The summed E-state index contributed by atoms with van der Waals surface area (Å²) in [5.41, 5.74) is 0.836. The molecule has 5 heteroatoms. The molecule has 0 spiro atoms. The van der Waals surface area contributed by atoms with Gasteiger partial charge in [-0.15, -0.1) is 0 Å². The Labute approximate surface area is 129 Å². The van der Waals surface area contributed by atoms with Gasteiger partial charge in [-0.3, -0.25) is 4.79 Å². The van der Waals surface area contributed by atoms with E-state index in [9.17, 15) is 9.59 Å². The summed E-state index contributed by atoms with van der Waals surface area (Å²) in [7, 11) is 0. The lowest BCUT2D eigenvalue weighted by atomic mass is 9.69. The van der Waals surface area contributed by atoms with Gasteiger partial charge >= 0.3 is 5.97 Å². The van der Waals surface area contributed by atoms with E-state index in [4.69, 9.17) is 9.84 Å². The first-order chi connectivity index (χ1) is 10.4. The molecule has 1 saturated carbocycles. The van der Waals surface area contributed by atoms with E-state index >= 15 is 0 Å². The third-order valence-corrected chi connectivity index (χ3v) is 4.90. The van der Waals surface area contributed by atoms with Gasteiger partial charge in [0.05, 0.1) is 11.6 Å². The van der Waals surface area contributed by atoms with Crippen LogP contribution in [0.25, 0.3) is 0 Å². The number of carbonyl (C=O) groups is 2. The van der Waals surface area contributed by atoms with E-state index in [2.05, 4.69) is 0 Å². The van der Waals surface area contributed by atoms with Gasteiger partial charge in [-0.05, 0) is 31.9 Å². The number of carbonyl (C=O) groups excluding carboxylic acids is 1. The fraction of sp³-hybridized carbons (Fsp3) is 0.529. The van der Waals surface area contributed by atoms with Gasteiger partial charge in [-0.25, -0.2) is 4.79 Å². The van der Waals surface area contributed by atoms with Gasteiger partial charge in [0.2, 0.25) is 5.91 Å². The van der Waals surface area contributed by atoms with E-state index in [0.717, 1.165) is 24.8 Å². The molecular weight excluding hydrogens is 282 g/mol. The minimum absolute atomic E-state index is 0.0226. The van der Waals surface area contributed by atoms with Gasteiger partial charge in [0, 0.05) is 17.5 Å². The maximum Gasteiger partial charge on any atom is 0.335 e. The molecule has 1 fully saturated rings. The molecule has 1 aliphatic carbocycles. The maximum atomic E-state index is 12.8. The highest BCUT2D eigenvalue weighted by Gasteiger charge is 2.43. The average Bonchev–Trinajstić information content (AvgIpc) is 2.63. The number of rotatable bonds is 2. The van der Waals surface area contributed by atoms with Gasteiger partial charge in [0.1, 0.15) is 12.4 Å². The van der Waals surface area contributed by atoms with Crippen LogP contribution in [-0.2, 0) is 11.3 Å². The van der Waals surface area contributed by atoms with E-state index < -0.39 is 5.97 Å². The lowest BCUT2D eigenvalue weighted by Crippen LogP contribution is -2.49. The second kappa shape index (κ2) is 5.30. The smallest absolute Gasteiger partial charge is 0.335 e. The zero-order valence-corrected chi connectivity index (χ0v) is 13.0. The Hall–Kier alpha value is -2.04. The van der Waals surface area contributed by atoms with Crippen molar-refractivity contribution in [2.75, 3.05) is 6.61 Å². The van der Waals surface area contributed by atoms with Crippen LogP contribution in [0.3, 0.4) is 0 Å². The second-order valence-corrected chi connectivity index (χ2v) is 6.63. The summed E-state index contributed by atoms with van der Waals surface area (Å²) in [6, 6.07) is 4.84. The molecule has 1 amide bonds. The first-order valence-electron chi connectivity index (χ1n) is 7.71. The minimum Gasteiger partial charge on any atom is -0.491 e. The normalized spacial score (nSPS) is 22.8. The summed E-state index contributed by atoms with van der Waals surface area (Å²) in [5.74, 6) is -0.218.